The van der Waals surface area contributed by atoms with E-state index in [1.165, 1.54) is 49.7 Å². The minimum absolute atomic E-state index is 0.560. The maximum atomic E-state index is 6.61. The van der Waals surface area contributed by atoms with Gasteiger partial charge < -0.3 is 9.47 Å². The van der Waals surface area contributed by atoms with E-state index in [2.05, 4.69) is 199 Å². The molecule has 0 fully saturated rings. The van der Waals surface area contributed by atoms with Gasteiger partial charge in [0.2, 0.25) is 0 Å². The highest BCUT2D eigenvalue weighted by Crippen LogP contribution is 2.65. The van der Waals surface area contributed by atoms with Crippen molar-refractivity contribution < 1.29 is 9.47 Å². The summed E-state index contributed by atoms with van der Waals surface area (Å²) in [7, 11) is 0. The molecule has 298 valence electrons. The second-order valence-electron chi connectivity index (χ2n) is 17.0. The van der Waals surface area contributed by atoms with Crippen LogP contribution in [0.2, 0.25) is 0 Å². The van der Waals surface area contributed by atoms with Crippen LogP contribution in [-0.2, 0) is 5.41 Å². The summed E-state index contributed by atoms with van der Waals surface area (Å²) in [6, 6.07) is 78.4. The van der Waals surface area contributed by atoms with Gasteiger partial charge in [-0.05, 0) is 127 Å². The zero-order valence-corrected chi connectivity index (χ0v) is 34.5. The largest absolute Gasteiger partial charge is 0.450 e. The highest BCUT2D eigenvalue weighted by molar-refractivity contribution is 6.10. The summed E-state index contributed by atoms with van der Waals surface area (Å²) < 4.78 is 15.5. The Morgan fingerprint density at radius 1 is 0.328 bits per heavy atom. The Labute approximate surface area is 369 Å². The van der Waals surface area contributed by atoms with Crippen LogP contribution in [-0.4, -0.2) is 9.55 Å². The van der Waals surface area contributed by atoms with Gasteiger partial charge in [0.05, 0.1) is 22.1 Å². The van der Waals surface area contributed by atoms with Gasteiger partial charge in [-0.3, -0.25) is 4.57 Å². The van der Waals surface area contributed by atoms with E-state index >= 15 is 0 Å². The fourth-order valence-corrected chi connectivity index (χ4v) is 10.9. The van der Waals surface area contributed by atoms with Crippen LogP contribution in [0.1, 0.15) is 22.3 Å². The molecule has 0 radical (unpaired) electrons. The number of pyridine rings is 1. The molecule has 4 heteroatoms. The van der Waals surface area contributed by atoms with Gasteiger partial charge in [-0.25, -0.2) is 4.98 Å². The number of para-hydroxylation sites is 3. The predicted molar refractivity (Wildman–Crippen MR) is 258 cm³/mol. The molecule has 0 atom stereocenters. The second-order valence-corrected chi connectivity index (χ2v) is 17.0. The standard InChI is InChI=1S/C60H36N2O2/c1-3-15-37(16-4-1)41-33-52(38-17-5-2-6-18-38)61-59(34-41)62-53-24-12-9-21-45(53)47-31-39(28-30-54(47)62)40-27-29-44-46-35-57-58(64-56-26-14-13-25-55(56)63-57)36-51(46)60(50(44)32-40)48-22-10-7-19-42(48)43-20-8-11-23-49(43)60/h1-36H. The van der Waals surface area contributed by atoms with Crippen LogP contribution in [0, 0.1) is 0 Å². The molecule has 4 nitrogen and oxygen atoms in total. The number of rotatable bonds is 4. The zero-order valence-electron chi connectivity index (χ0n) is 34.5. The first-order valence-electron chi connectivity index (χ1n) is 21.9. The Balaban J connectivity index is 0.973. The molecule has 0 saturated heterocycles. The van der Waals surface area contributed by atoms with Gasteiger partial charge in [0, 0.05) is 16.3 Å². The van der Waals surface area contributed by atoms with E-state index in [0.717, 1.165) is 78.9 Å². The van der Waals surface area contributed by atoms with E-state index in [1.807, 2.05) is 24.3 Å². The summed E-state index contributed by atoms with van der Waals surface area (Å²) in [6.45, 7) is 0. The fraction of sp³-hybridized carbons (Fsp3) is 0.0167. The van der Waals surface area contributed by atoms with Gasteiger partial charge in [-0.15, -0.1) is 0 Å². The fourth-order valence-electron chi connectivity index (χ4n) is 10.9. The second kappa shape index (κ2) is 13.3. The number of benzene rings is 9. The number of hydrogen-bond donors (Lipinski definition) is 0. The number of nitrogens with zero attached hydrogens (tertiary/aromatic N) is 2. The lowest BCUT2D eigenvalue weighted by molar-refractivity contribution is 0.359. The van der Waals surface area contributed by atoms with Crippen molar-refractivity contribution in [1.82, 2.24) is 9.55 Å². The number of ether oxygens (including phenoxy) is 2. The first-order chi connectivity index (χ1) is 31.7. The zero-order chi connectivity index (χ0) is 41.9. The van der Waals surface area contributed by atoms with E-state index in [9.17, 15) is 0 Å². The molecule has 2 aliphatic carbocycles. The summed E-state index contributed by atoms with van der Waals surface area (Å²) in [4.78, 5) is 5.37. The van der Waals surface area contributed by atoms with Crippen molar-refractivity contribution in [3.8, 4) is 84.6 Å². The minimum Gasteiger partial charge on any atom is -0.450 e. The Kier molecular flexibility index (Phi) is 7.29. The molecule has 14 rings (SSSR count). The minimum atomic E-state index is -0.560. The lowest BCUT2D eigenvalue weighted by atomic mass is 9.70. The van der Waals surface area contributed by atoms with Crippen LogP contribution in [0.25, 0.3) is 83.4 Å². The molecule has 1 aliphatic heterocycles. The maximum absolute atomic E-state index is 6.61. The average molecular weight is 817 g/mol. The molecule has 0 amide bonds. The molecule has 3 heterocycles. The molecular weight excluding hydrogens is 781 g/mol. The van der Waals surface area contributed by atoms with E-state index in [0.29, 0.717) is 0 Å². The number of hydrogen-bond acceptors (Lipinski definition) is 3. The van der Waals surface area contributed by atoms with Crippen molar-refractivity contribution >= 4 is 21.8 Å². The third-order valence-electron chi connectivity index (χ3n) is 13.7. The van der Waals surface area contributed by atoms with Crippen molar-refractivity contribution in [3.63, 3.8) is 0 Å². The first-order valence-corrected chi connectivity index (χ1v) is 21.9. The van der Waals surface area contributed by atoms with Gasteiger partial charge in [-0.2, -0.15) is 0 Å². The van der Waals surface area contributed by atoms with Crippen molar-refractivity contribution in [2.45, 2.75) is 5.41 Å². The van der Waals surface area contributed by atoms with E-state index in [1.54, 1.807) is 0 Å². The molecule has 9 aromatic carbocycles. The van der Waals surface area contributed by atoms with Crippen molar-refractivity contribution in [1.29, 1.82) is 0 Å². The lowest BCUT2D eigenvalue weighted by Crippen LogP contribution is -2.26. The third-order valence-corrected chi connectivity index (χ3v) is 13.7. The Bertz CT molecular complexity index is 3630. The summed E-state index contributed by atoms with van der Waals surface area (Å²) in [6.07, 6.45) is 0. The molecule has 2 aromatic heterocycles. The Morgan fingerprint density at radius 3 is 1.64 bits per heavy atom. The van der Waals surface area contributed by atoms with Crippen LogP contribution >= 0.6 is 0 Å². The Hall–Kier alpha value is -8.47. The SMILES string of the molecule is c1ccc(-c2cc(-c3ccccc3)nc(-n3c4ccccc4c4cc(-c5ccc6c(c5)C5(c7ccccc7-c7ccccc75)c5cc7c(cc5-6)Oc5ccccc5O7)ccc43)c2)cc1. The maximum Gasteiger partial charge on any atom is 0.170 e. The molecule has 64 heavy (non-hydrogen) atoms. The van der Waals surface area contributed by atoms with E-state index < -0.39 is 5.41 Å². The quantitative estimate of drug-likeness (QED) is 0.178. The van der Waals surface area contributed by atoms with Crippen molar-refractivity contribution in [2.24, 2.45) is 0 Å². The summed E-state index contributed by atoms with van der Waals surface area (Å²) in [5.41, 5.74) is 18.2. The van der Waals surface area contributed by atoms with Crippen molar-refractivity contribution in [2.75, 3.05) is 0 Å². The molecule has 11 aromatic rings. The molecule has 0 bridgehead atoms. The molecular formula is C60H36N2O2. The average Bonchev–Trinajstić information content (AvgIpc) is 3.96. The monoisotopic (exact) mass is 816 g/mol. The number of aromatic nitrogens is 2. The summed E-state index contributed by atoms with van der Waals surface area (Å²) >= 11 is 0. The smallest absolute Gasteiger partial charge is 0.170 e. The molecule has 3 aliphatic rings. The molecule has 0 unspecified atom stereocenters. The molecule has 0 saturated carbocycles. The van der Waals surface area contributed by atoms with Gasteiger partial charge in [0.25, 0.3) is 0 Å². The van der Waals surface area contributed by atoms with E-state index in [4.69, 9.17) is 14.5 Å². The summed E-state index contributed by atoms with van der Waals surface area (Å²) in [5, 5.41) is 2.36. The lowest BCUT2D eigenvalue weighted by Gasteiger charge is -2.31. The van der Waals surface area contributed by atoms with Gasteiger partial charge >= 0.3 is 0 Å². The van der Waals surface area contributed by atoms with Crippen LogP contribution < -0.4 is 9.47 Å². The molecule has 1 spiro atoms. The van der Waals surface area contributed by atoms with Crippen LogP contribution in [0.15, 0.2) is 218 Å². The van der Waals surface area contributed by atoms with Crippen molar-refractivity contribution in [3.05, 3.63) is 241 Å². The number of fused-ring (bicyclic) bond motifs is 15. The third kappa shape index (κ3) is 4.91. The summed E-state index contributed by atoms with van der Waals surface area (Å²) in [5.74, 6) is 3.79. The first kappa shape index (κ1) is 35.2. The van der Waals surface area contributed by atoms with Gasteiger partial charge in [0.15, 0.2) is 23.0 Å². The highest BCUT2D eigenvalue weighted by Gasteiger charge is 2.52. The Morgan fingerprint density at radius 2 is 0.891 bits per heavy atom. The van der Waals surface area contributed by atoms with Crippen LogP contribution in [0.3, 0.4) is 0 Å². The molecule has 0 N–H and O–H groups in total. The predicted octanol–water partition coefficient (Wildman–Crippen LogP) is 15.4. The highest BCUT2D eigenvalue weighted by atomic mass is 16.6. The topological polar surface area (TPSA) is 36.3 Å². The van der Waals surface area contributed by atoms with Crippen LogP contribution in [0.5, 0.6) is 23.0 Å². The van der Waals surface area contributed by atoms with Gasteiger partial charge in [0.1, 0.15) is 5.82 Å². The normalized spacial score (nSPS) is 13.4. The van der Waals surface area contributed by atoms with Crippen LogP contribution in [0.4, 0.5) is 0 Å². The van der Waals surface area contributed by atoms with E-state index in [-0.39, 0.29) is 0 Å². The van der Waals surface area contributed by atoms with Gasteiger partial charge in [-0.1, -0.05) is 158 Å².